The second kappa shape index (κ2) is 7.89. The second-order valence-electron chi connectivity index (χ2n) is 5.81. The Labute approximate surface area is 160 Å². The summed E-state index contributed by atoms with van der Waals surface area (Å²) in [4.78, 5) is 29.2. The van der Waals surface area contributed by atoms with Gasteiger partial charge in [-0.15, -0.1) is 0 Å². The average molecular weight is 390 g/mol. The maximum absolute atomic E-state index is 13.1. The summed E-state index contributed by atoms with van der Waals surface area (Å²) in [5.74, 6) is -1.88. The van der Waals surface area contributed by atoms with E-state index in [4.69, 9.17) is 23.2 Å². The summed E-state index contributed by atoms with van der Waals surface area (Å²) < 4.78 is 0. The van der Waals surface area contributed by atoms with Crippen molar-refractivity contribution < 1.29 is 14.7 Å². The minimum atomic E-state index is -1.11. The van der Waals surface area contributed by atoms with Crippen molar-refractivity contribution in [3.05, 3.63) is 58.1 Å². The Balaban J connectivity index is 1.92. The Kier molecular flexibility index (Phi) is 5.59. The molecular formula is C19H15Cl2N2O3-. The van der Waals surface area contributed by atoms with Crippen LogP contribution < -0.4 is 10.0 Å². The van der Waals surface area contributed by atoms with Crippen molar-refractivity contribution in [2.75, 3.05) is 11.4 Å². The molecule has 0 bridgehead atoms. The molecule has 0 radical (unpaired) electrons. The fourth-order valence-corrected chi connectivity index (χ4v) is 3.48. The molecule has 5 nitrogen and oxygen atoms in total. The van der Waals surface area contributed by atoms with Crippen LogP contribution in [-0.2, 0) is 9.59 Å². The predicted molar refractivity (Wildman–Crippen MR) is 100 cm³/mol. The van der Waals surface area contributed by atoms with Gasteiger partial charge in [0.15, 0.2) is 0 Å². The summed E-state index contributed by atoms with van der Waals surface area (Å²) in [6.07, 6.45) is 1.86. The van der Waals surface area contributed by atoms with Crippen molar-refractivity contribution in [3.8, 4) is 0 Å². The van der Waals surface area contributed by atoms with Gasteiger partial charge in [0.25, 0.3) is 0 Å². The van der Waals surface area contributed by atoms with Gasteiger partial charge in [0, 0.05) is 18.7 Å². The van der Waals surface area contributed by atoms with E-state index in [1.54, 1.807) is 24.4 Å². The lowest BCUT2D eigenvalue weighted by Gasteiger charge is -2.20. The number of aliphatic imine (C=N–C) groups is 1. The number of fused-ring (bicyclic) bond motifs is 1. The van der Waals surface area contributed by atoms with Crippen LogP contribution in [0.25, 0.3) is 0 Å². The van der Waals surface area contributed by atoms with Gasteiger partial charge in [0.2, 0.25) is 5.91 Å². The lowest BCUT2D eigenvalue weighted by atomic mass is 10.0. The summed E-state index contributed by atoms with van der Waals surface area (Å²) in [6, 6.07) is 12.5. The highest BCUT2D eigenvalue weighted by molar-refractivity contribution is 6.41. The first-order valence-corrected chi connectivity index (χ1v) is 8.83. The van der Waals surface area contributed by atoms with Crippen LogP contribution in [0.1, 0.15) is 24.3 Å². The van der Waals surface area contributed by atoms with E-state index in [2.05, 4.69) is 4.99 Å². The number of rotatable bonds is 6. The predicted octanol–water partition coefficient (Wildman–Crippen LogP) is 3.36. The first kappa shape index (κ1) is 18.4. The number of carboxylic acid groups (broad SMARTS) is 1. The first-order valence-electron chi connectivity index (χ1n) is 8.07. The molecule has 3 rings (SSSR count). The maximum atomic E-state index is 13.1. The van der Waals surface area contributed by atoms with Crippen LogP contribution in [0.4, 0.5) is 11.4 Å². The van der Waals surface area contributed by atoms with Crippen molar-refractivity contribution in [2.24, 2.45) is 4.99 Å². The number of carbonyl (C=O) groups is 2. The zero-order chi connectivity index (χ0) is 18.7. The molecule has 0 aromatic heterocycles. The monoisotopic (exact) mass is 389 g/mol. The minimum Gasteiger partial charge on any atom is -0.550 e. The number of benzene rings is 2. The molecule has 2 aromatic rings. The van der Waals surface area contributed by atoms with E-state index in [9.17, 15) is 14.7 Å². The lowest BCUT2D eigenvalue weighted by Crippen LogP contribution is -2.25. The molecule has 0 spiro atoms. The molecule has 1 unspecified atom stereocenters. The van der Waals surface area contributed by atoms with Gasteiger partial charge in [-0.1, -0.05) is 47.5 Å². The molecule has 2 aromatic carbocycles. The minimum absolute atomic E-state index is 0.0616. The SMILES string of the molecule is O=C([O-])CCCN=CC1C(=O)N(c2c(Cl)cccc2Cl)c2ccccc21. The number of anilines is 2. The van der Waals surface area contributed by atoms with E-state index in [0.29, 0.717) is 34.4 Å². The molecule has 7 heteroatoms. The molecule has 1 atom stereocenters. The van der Waals surface area contributed by atoms with E-state index in [1.165, 1.54) is 4.90 Å². The molecule has 1 aliphatic heterocycles. The van der Waals surface area contributed by atoms with Gasteiger partial charge >= 0.3 is 0 Å². The van der Waals surface area contributed by atoms with Crippen LogP contribution in [0.5, 0.6) is 0 Å². The Morgan fingerprint density at radius 3 is 2.54 bits per heavy atom. The Morgan fingerprint density at radius 1 is 1.15 bits per heavy atom. The van der Waals surface area contributed by atoms with Crippen molar-refractivity contribution in [1.82, 2.24) is 0 Å². The largest absolute Gasteiger partial charge is 0.550 e. The average Bonchev–Trinajstić information content (AvgIpc) is 2.87. The standard InChI is InChI=1S/C19H16Cl2N2O3/c20-14-6-3-7-15(21)18(14)23-16-8-2-1-5-12(16)13(19(23)26)11-22-10-4-9-17(24)25/h1-3,5-8,11,13H,4,9-10H2,(H,24,25)/p-1. The summed E-state index contributed by atoms with van der Waals surface area (Å²) >= 11 is 12.6. The normalized spacial score (nSPS) is 16.3. The van der Waals surface area contributed by atoms with Gasteiger partial charge in [0.05, 0.1) is 21.4 Å². The molecule has 0 aliphatic carbocycles. The Morgan fingerprint density at radius 2 is 1.85 bits per heavy atom. The molecule has 134 valence electrons. The highest BCUT2D eigenvalue weighted by Gasteiger charge is 2.38. The zero-order valence-electron chi connectivity index (χ0n) is 13.7. The molecular weight excluding hydrogens is 375 g/mol. The fraction of sp³-hybridized carbons (Fsp3) is 0.211. The smallest absolute Gasteiger partial charge is 0.244 e. The molecule has 0 fully saturated rings. The van der Waals surface area contributed by atoms with Gasteiger partial charge < -0.3 is 9.90 Å². The van der Waals surface area contributed by atoms with Crippen molar-refractivity contribution >= 4 is 52.7 Å². The number of hydrogen-bond acceptors (Lipinski definition) is 4. The number of carbonyl (C=O) groups excluding carboxylic acids is 2. The molecule has 0 saturated carbocycles. The van der Waals surface area contributed by atoms with Crippen molar-refractivity contribution in [3.63, 3.8) is 0 Å². The van der Waals surface area contributed by atoms with E-state index in [1.807, 2.05) is 24.3 Å². The Hall–Kier alpha value is -2.37. The van der Waals surface area contributed by atoms with Crippen molar-refractivity contribution in [1.29, 1.82) is 0 Å². The van der Waals surface area contributed by atoms with Crippen LogP contribution in [0.15, 0.2) is 47.5 Å². The number of nitrogens with zero attached hydrogens (tertiary/aromatic N) is 2. The van der Waals surface area contributed by atoms with Crippen LogP contribution in [0, 0.1) is 0 Å². The van der Waals surface area contributed by atoms with E-state index >= 15 is 0 Å². The topological polar surface area (TPSA) is 72.8 Å². The van der Waals surface area contributed by atoms with E-state index in [-0.39, 0.29) is 12.3 Å². The second-order valence-corrected chi connectivity index (χ2v) is 6.63. The number of aliphatic carboxylic acids is 1. The molecule has 26 heavy (non-hydrogen) atoms. The number of hydrogen-bond donors (Lipinski definition) is 0. The zero-order valence-corrected chi connectivity index (χ0v) is 15.2. The highest BCUT2D eigenvalue weighted by atomic mass is 35.5. The molecule has 1 amide bonds. The third-order valence-corrected chi connectivity index (χ3v) is 4.69. The number of para-hydroxylation sites is 2. The third-order valence-electron chi connectivity index (χ3n) is 4.08. The fourth-order valence-electron chi connectivity index (χ4n) is 2.92. The number of carboxylic acids is 1. The van der Waals surface area contributed by atoms with Gasteiger partial charge in [-0.3, -0.25) is 14.7 Å². The van der Waals surface area contributed by atoms with Crippen LogP contribution in [0.3, 0.4) is 0 Å². The summed E-state index contributed by atoms with van der Waals surface area (Å²) in [7, 11) is 0. The number of halogens is 2. The van der Waals surface area contributed by atoms with Crippen LogP contribution >= 0.6 is 23.2 Å². The maximum Gasteiger partial charge on any atom is 0.244 e. The molecule has 0 N–H and O–H groups in total. The molecule has 1 heterocycles. The third kappa shape index (κ3) is 3.59. The van der Waals surface area contributed by atoms with Gasteiger partial charge in [0.1, 0.15) is 5.92 Å². The van der Waals surface area contributed by atoms with E-state index in [0.717, 1.165) is 5.56 Å². The molecule has 1 aliphatic rings. The summed E-state index contributed by atoms with van der Waals surface area (Å²) in [6.45, 7) is 0.312. The van der Waals surface area contributed by atoms with Gasteiger partial charge in [-0.2, -0.15) is 0 Å². The Bertz CT molecular complexity index is 863. The molecule has 0 saturated heterocycles. The van der Waals surface area contributed by atoms with Gasteiger partial charge in [-0.25, -0.2) is 0 Å². The highest BCUT2D eigenvalue weighted by Crippen LogP contribution is 2.46. The first-order chi connectivity index (χ1) is 12.5. The summed E-state index contributed by atoms with van der Waals surface area (Å²) in [5, 5.41) is 11.2. The summed E-state index contributed by atoms with van der Waals surface area (Å²) in [5.41, 5.74) is 1.96. The van der Waals surface area contributed by atoms with Crippen LogP contribution in [0.2, 0.25) is 10.0 Å². The van der Waals surface area contributed by atoms with Crippen LogP contribution in [-0.4, -0.2) is 24.6 Å². The quantitative estimate of drug-likeness (QED) is 0.561. The number of amides is 1. The van der Waals surface area contributed by atoms with Gasteiger partial charge in [-0.05, 0) is 36.6 Å². The van der Waals surface area contributed by atoms with E-state index < -0.39 is 11.9 Å². The van der Waals surface area contributed by atoms with Crippen molar-refractivity contribution in [2.45, 2.75) is 18.8 Å². The lowest BCUT2D eigenvalue weighted by molar-refractivity contribution is -0.305.